The molecular weight excluding hydrogens is 258 g/mol. The number of carbonyl (C=O) groups is 1. The van der Waals surface area contributed by atoms with Gasteiger partial charge in [0.05, 0.1) is 6.61 Å². The first kappa shape index (κ1) is 12.8. The Kier molecular flexibility index (Phi) is 3.64. The molecule has 0 amide bonds. The van der Waals surface area contributed by atoms with Crippen LogP contribution in [0.15, 0.2) is 29.6 Å². The second kappa shape index (κ2) is 5.41. The van der Waals surface area contributed by atoms with Crippen molar-refractivity contribution in [3.05, 3.63) is 35.2 Å². The molecule has 1 aromatic carbocycles. The molecular formula is C15H17NO2S. The fourth-order valence-corrected chi connectivity index (χ4v) is 3.41. The van der Waals surface area contributed by atoms with Gasteiger partial charge >= 0.3 is 0 Å². The lowest BCUT2D eigenvalue weighted by molar-refractivity contribution is -0.134. The molecule has 0 spiro atoms. The molecule has 1 aliphatic heterocycles. The van der Waals surface area contributed by atoms with Gasteiger partial charge in [-0.3, -0.25) is 4.79 Å². The first-order valence-corrected chi connectivity index (χ1v) is 7.40. The topological polar surface area (TPSA) is 29.5 Å². The number of ketones is 1. The molecule has 1 aromatic heterocycles. The van der Waals surface area contributed by atoms with Crippen molar-refractivity contribution >= 4 is 27.2 Å². The number of hydrogen-bond donors (Lipinski definition) is 0. The molecule has 2 heterocycles. The van der Waals surface area contributed by atoms with E-state index in [0.717, 1.165) is 12.1 Å². The van der Waals surface area contributed by atoms with Crippen molar-refractivity contribution in [2.24, 2.45) is 0 Å². The Hall–Kier alpha value is -1.23. The van der Waals surface area contributed by atoms with E-state index in [-0.39, 0.29) is 11.9 Å². The minimum absolute atomic E-state index is 0.190. The van der Waals surface area contributed by atoms with Gasteiger partial charge in [0, 0.05) is 24.2 Å². The van der Waals surface area contributed by atoms with Crippen LogP contribution in [0.1, 0.15) is 5.56 Å². The molecule has 3 nitrogen and oxygen atoms in total. The summed E-state index contributed by atoms with van der Waals surface area (Å²) in [6.45, 7) is 2.27. The molecule has 1 saturated heterocycles. The van der Waals surface area contributed by atoms with Crippen LogP contribution in [0.2, 0.25) is 0 Å². The Balaban J connectivity index is 1.75. The Morgan fingerprint density at radius 3 is 3.16 bits per heavy atom. The summed E-state index contributed by atoms with van der Waals surface area (Å²) >= 11 is 1.70. The maximum absolute atomic E-state index is 12.3. The highest BCUT2D eigenvalue weighted by Crippen LogP contribution is 2.26. The molecule has 0 bridgehead atoms. The fourth-order valence-electron chi connectivity index (χ4n) is 2.44. The highest BCUT2D eigenvalue weighted by atomic mass is 32.1. The standard InChI is InChI=1S/C15H17NO2S/c1-16-6-7-18-14(9-16)13(17)8-11-10-19-15-5-3-2-4-12(11)15/h2-5,10,14H,6-9H2,1H3. The van der Waals surface area contributed by atoms with Crippen molar-refractivity contribution in [3.8, 4) is 0 Å². The Morgan fingerprint density at radius 1 is 1.47 bits per heavy atom. The second-order valence-corrected chi connectivity index (χ2v) is 5.93. The van der Waals surface area contributed by atoms with E-state index in [1.54, 1.807) is 11.3 Å². The summed E-state index contributed by atoms with van der Waals surface area (Å²) in [4.78, 5) is 14.5. The number of ether oxygens (including phenoxy) is 1. The van der Waals surface area contributed by atoms with Crippen LogP contribution in [0.5, 0.6) is 0 Å². The lowest BCUT2D eigenvalue weighted by atomic mass is 10.0. The van der Waals surface area contributed by atoms with Gasteiger partial charge in [0.1, 0.15) is 6.10 Å². The smallest absolute Gasteiger partial charge is 0.167 e. The third kappa shape index (κ3) is 2.71. The molecule has 1 atom stereocenters. The van der Waals surface area contributed by atoms with E-state index < -0.39 is 0 Å². The van der Waals surface area contributed by atoms with E-state index in [1.807, 2.05) is 19.2 Å². The van der Waals surface area contributed by atoms with Crippen LogP contribution in [-0.4, -0.2) is 43.5 Å². The van der Waals surface area contributed by atoms with Gasteiger partial charge in [0.15, 0.2) is 5.78 Å². The molecule has 1 aliphatic rings. The zero-order valence-electron chi connectivity index (χ0n) is 11.0. The largest absolute Gasteiger partial charge is 0.368 e. The third-order valence-electron chi connectivity index (χ3n) is 3.55. The van der Waals surface area contributed by atoms with Gasteiger partial charge in [-0.2, -0.15) is 0 Å². The van der Waals surface area contributed by atoms with E-state index in [9.17, 15) is 4.79 Å². The summed E-state index contributed by atoms with van der Waals surface area (Å²) in [5, 5.41) is 3.29. The van der Waals surface area contributed by atoms with Gasteiger partial charge in [-0.05, 0) is 29.4 Å². The van der Waals surface area contributed by atoms with Crippen molar-refractivity contribution in [1.29, 1.82) is 0 Å². The van der Waals surface area contributed by atoms with Crippen LogP contribution in [0, 0.1) is 0 Å². The lowest BCUT2D eigenvalue weighted by Crippen LogP contribution is -2.44. The molecule has 3 rings (SSSR count). The summed E-state index contributed by atoms with van der Waals surface area (Å²) in [5.41, 5.74) is 1.13. The molecule has 1 fully saturated rings. The number of hydrogen-bond acceptors (Lipinski definition) is 4. The number of nitrogens with zero attached hydrogens (tertiary/aromatic N) is 1. The zero-order valence-corrected chi connectivity index (χ0v) is 11.8. The lowest BCUT2D eigenvalue weighted by Gasteiger charge is -2.29. The van der Waals surface area contributed by atoms with E-state index >= 15 is 0 Å². The van der Waals surface area contributed by atoms with Crippen molar-refractivity contribution < 1.29 is 9.53 Å². The first-order chi connectivity index (χ1) is 9.24. The number of morpholine rings is 1. The highest BCUT2D eigenvalue weighted by Gasteiger charge is 2.25. The monoisotopic (exact) mass is 275 g/mol. The van der Waals surface area contributed by atoms with E-state index in [4.69, 9.17) is 4.74 Å². The molecule has 1 unspecified atom stereocenters. The molecule has 4 heteroatoms. The molecule has 2 aromatic rings. The summed E-state index contributed by atoms with van der Waals surface area (Å²) < 4.78 is 6.83. The summed E-state index contributed by atoms with van der Waals surface area (Å²) in [5.74, 6) is 0.190. The predicted molar refractivity (Wildman–Crippen MR) is 77.8 cm³/mol. The Morgan fingerprint density at radius 2 is 2.32 bits per heavy atom. The van der Waals surface area contributed by atoms with Crippen LogP contribution in [0.3, 0.4) is 0 Å². The van der Waals surface area contributed by atoms with Gasteiger partial charge in [-0.25, -0.2) is 0 Å². The van der Waals surface area contributed by atoms with Crippen LogP contribution >= 0.6 is 11.3 Å². The summed E-state index contributed by atoms with van der Waals surface area (Å²) in [7, 11) is 2.03. The normalized spacial score (nSPS) is 20.8. The molecule has 0 aliphatic carbocycles. The van der Waals surface area contributed by atoms with Crippen LogP contribution < -0.4 is 0 Å². The maximum Gasteiger partial charge on any atom is 0.167 e. The molecule has 0 saturated carbocycles. The second-order valence-electron chi connectivity index (χ2n) is 5.02. The minimum atomic E-state index is -0.266. The van der Waals surface area contributed by atoms with E-state index in [1.165, 1.54) is 10.1 Å². The quantitative estimate of drug-likeness (QED) is 0.861. The van der Waals surface area contributed by atoms with Gasteiger partial charge in [-0.15, -0.1) is 11.3 Å². The van der Waals surface area contributed by atoms with Crippen LogP contribution in [-0.2, 0) is 16.0 Å². The van der Waals surface area contributed by atoms with Gasteiger partial charge in [0.25, 0.3) is 0 Å². The number of carbonyl (C=O) groups excluding carboxylic acids is 1. The van der Waals surface area contributed by atoms with Crippen molar-refractivity contribution in [1.82, 2.24) is 4.90 Å². The third-order valence-corrected chi connectivity index (χ3v) is 4.57. The maximum atomic E-state index is 12.3. The predicted octanol–water partition coefficient (Wildman–Crippen LogP) is 2.34. The average molecular weight is 275 g/mol. The average Bonchev–Trinajstić information content (AvgIpc) is 2.82. The molecule has 0 radical (unpaired) electrons. The number of likely N-dealkylation sites (N-methyl/N-ethyl adjacent to an activating group) is 1. The van der Waals surface area contributed by atoms with E-state index in [2.05, 4.69) is 22.4 Å². The number of rotatable bonds is 3. The summed E-state index contributed by atoms with van der Waals surface area (Å²) in [6, 6.07) is 8.23. The zero-order chi connectivity index (χ0) is 13.2. The molecule has 0 N–H and O–H groups in total. The van der Waals surface area contributed by atoms with Gasteiger partial charge in [0.2, 0.25) is 0 Å². The van der Waals surface area contributed by atoms with E-state index in [0.29, 0.717) is 19.6 Å². The van der Waals surface area contributed by atoms with Crippen LogP contribution in [0.4, 0.5) is 0 Å². The molecule has 100 valence electrons. The Labute approximate surface area is 116 Å². The van der Waals surface area contributed by atoms with Gasteiger partial charge < -0.3 is 9.64 Å². The number of thiophene rings is 1. The fraction of sp³-hybridized carbons (Fsp3) is 0.400. The number of fused-ring (bicyclic) bond motifs is 1. The van der Waals surface area contributed by atoms with Crippen molar-refractivity contribution in [3.63, 3.8) is 0 Å². The minimum Gasteiger partial charge on any atom is -0.368 e. The Bertz CT molecular complexity index is 593. The van der Waals surface area contributed by atoms with Crippen molar-refractivity contribution in [2.75, 3.05) is 26.7 Å². The number of benzene rings is 1. The first-order valence-electron chi connectivity index (χ1n) is 6.52. The summed E-state index contributed by atoms with van der Waals surface area (Å²) in [6.07, 6.45) is 0.208. The molecule has 19 heavy (non-hydrogen) atoms. The van der Waals surface area contributed by atoms with Crippen molar-refractivity contribution in [2.45, 2.75) is 12.5 Å². The van der Waals surface area contributed by atoms with Gasteiger partial charge in [-0.1, -0.05) is 18.2 Å². The SMILES string of the molecule is CN1CCOC(C(=O)Cc2csc3ccccc23)C1. The number of Topliss-reactive ketones (excluding diaryl/α,β-unsaturated/α-hetero) is 1. The van der Waals surface area contributed by atoms with Crippen LogP contribution in [0.25, 0.3) is 10.1 Å². The highest BCUT2D eigenvalue weighted by molar-refractivity contribution is 7.17.